The molecule has 0 bridgehead atoms. The maximum Gasteiger partial charge on any atom is 0.333 e. The quantitative estimate of drug-likeness (QED) is 0.153. The smallest absolute Gasteiger partial charge is 0.333 e. The van der Waals surface area contributed by atoms with Gasteiger partial charge in [0.15, 0.2) is 0 Å². The Balaban J connectivity index is 1.20. The van der Waals surface area contributed by atoms with Gasteiger partial charge in [-0.1, -0.05) is 161 Å². The van der Waals surface area contributed by atoms with E-state index < -0.39 is 0 Å². The zero-order valence-corrected chi connectivity index (χ0v) is 42.5. The Morgan fingerprint density at radius 3 is 1.90 bits per heavy atom. The number of para-hydroxylation sites is 1. The summed E-state index contributed by atoms with van der Waals surface area (Å²) >= 11 is 0. The molecule has 3 aliphatic carbocycles. The molecule has 0 spiro atoms. The van der Waals surface area contributed by atoms with E-state index in [4.69, 9.17) is 4.42 Å². The zero-order chi connectivity index (χ0) is 47.9. The van der Waals surface area contributed by atoms with E-state index in [1.54, 1.807) is 0 Å². The predicted octanol–water partition coefficient (Wildman–Crippen LogP) is 16.2. The van der Waals surface area contributed by atoms with Crippen molar-refractivity contribution in [1.82, 2.24) is 4.57 Å². The lowest BCUT2D eigenvalue weighted by Gasteiger charge is -2.44. The molecule has 2 aliphatic heterocycles. The molecule has 0 saturated carbocycles. The second kappa shape index (κ2) is 12.8. The Kier molecular flexibility index (Phi) is 7.48. The van der Waals surface area contributed by atoms with E-state index in [0.29, 0.717) is 0 Å². The van der Waals surface area contributed by atoms with E-state index in [0.717, 1.165) is 21.9 Å². The minimum Gasteiger partial charge on any atom is -0.456 e. The van der Waals surface area contributed by atoms with Gasteiger partial charge in [-0.15, -0.1) is 0 Å². The number of hydrogen-bond donors (Lipinski definition) is 0. The highest BCUT2D eigenvalue weighted by Crippen LogP contribution is 2.61. The van der Waals surface area contributed by atoms with Crippen molar-refractivity contribution in [2.24, 2.45) is 0 Å². The van der Waals surface area contributed by atoms with Crippen molar-refractivity contribution >= 4 is 72.9 Å². The summed E-state index contributed by atoms with van der Waals surface area (Å²) in [6.07, 6.45) is 2.34. The first-order chi connectivity index (χ1) is 33.4. The fraction of sp³-hybridized carbons (Fsp3) is 0.273. The van der Waals surface area contributed by atoms with Gasteiger partial charge in [-0.3, -0.25) is 0 Å². The lowest BCUT2D eigenvalue weighted by atomic mass is 9.43. The van der Waals surface area contributed by atoms with Gasteiger partial charge in [0.25, 0.3) is 0 Å². The summed E-state index contributed by atoms with van der Waals surface area (Å²) in [5, 5.41) is 5.10. The van der Waals surface area contributed by atoms with E-state index in [9.17, 15) is 0 Å². The highest BCUT2D eigenvalue weighted by Gasteiger charge is 2.52. The molecular formula is C66H59BN2O. The molecule has 0 radical (unpaired) electrons. The van der Waals surface area contributed by atoms with E-state index in [1.807, 2.05) is 0 Å². The molecule has 5 aliphatic rings. The molecule has 0 amide bonds. The highest BCUT2D eigenvalue weighted by molar-refractivity contribution is 6.94. The van der Waals surface area contributed by atoms with Crippen molar-refractivity contribution in [1.29, 1.82) is 0 Å². The van der Waals surface area contributed by atoms with Crippen molar-refractivity contribution in [3.05, 3.63) is 172 Å². The highest BCUT2D eigenvalue weighted by atomic mass is 16.3. The van der Waals surface area contributed by atoms with Gasteiger partial charge in [-0.05, 0) is 149 Å². The molecule has 4 heteroatoms. The van der Waals surface area contributed by atoms with Gasteiger partial charge < -0.3 is 13.8 Å². The fourth-order valence-corrected chi connectivity index (χ4v) is 14.7. The third-order valence-corrected chi connectivity index (χ3v) is 18.5. The normalized spacial score (nSPS) is 17.9. The third-order valence-electron chi connectivity index (χ3n) is 18.5. The molecule has 15 rings (SSSR count). The van der Waals surface area contributed by atoms with Crippen LogP contribution in [0.15, 0.2) is 138 Å². The van der Waals surface area contributed by atoms with Crippen LogP contribution in [-0.2, 0) is 27.1 Å². The zero-order valence-electron chi connectivity index (χ0n) is 42.5. The second-order valence-corrected chi connectivity index (χ2v) is 25.1. The summed E-state index contributed by atoms with van der Waals surface area (Å²) in [6, 6.07) is 52.2. The number of hydrogen-bond acceptors (Lipinski definition) is 2. The van der Waals surface area contributed by atoms with E-state index in [-0.39, 0.29) is 33.9 Å². The monoisotopic (exact) mass is 906 g/mol. The third kappa shape index (κ3) is 4.88. The van der Waals surface area contributed by atoms with Gasteiger partial charge >= 0.3 is 6.85 Å². The standard InChI is InChI=1S/C66H59BN2O/c1-62(2,3)36-24-26-37(27-25-36)69-52-35-55-42(39-19-14-17-23-54(39)70-55)30-43(52)58-59-56(40-20-13-16-22-46(40)66(59,10)11)57-44-31-48-49(64(6,7)29-28-63(48,4)5)34-51(44)68-53-32-41-38-18-12-15-21-45(38)65(8,9)47(41)33-50(53)67(69)60(58)61(57)68/h12-27,30-35H,28-29H2,1-11H3. The number of nitrogens with zero attached hydrogens (tertiary/aromatic N) is 2. The summed E-state index contributed by atoms with van der Waals surface area (Å²) < 4.78 is 9.65. The summed E-state index contributed by atoms with van der Waals surface area (Å²) in [4.78, 5) is 2.72. The summed E-state index contributed by atoms with van der Waals surface area (Å²) in [5.41, 5.74) is 28.8. The molecule has 2 aromatic heterocycles. The van der Waals surface area contributed by atoms with Crippen molar-refractivity contribution in [3.63, 3.8) is 0 Å². The van der Waals surface area contributed by atoms with Crippen LogP contribution < -0.4 is 15.7 Å². The van der Waals surface area contributed by atoms with Gasteiger partial charge in [0, 0.05) is 61.1 Å². The Hall–Kier alpha value is -6.78. The molecule has 70 heavy (non-hydrogen) atoms. The Bertz CT molecular complexity index is 4050. The second-order valence-electron chi connectivity index (χ2n) is 25.1. The van der Waals surface area contributed by atoms with Crippen LogP contribution in [0, 0.1) is 0 Å². The van der Waals surface area contributed by atoms with Crippen molar-refractivity contribution in [2.75, 3.05) is 4.81 Å². The Morgan fingerprint density at radius 1 is 0.514 bits per heavy atom. The minimum atomic E-state index is -0.288. The van der Waals surface area contributed by atoms with Gasteiger partial charge in [-0.2, -0.15) is 0 Å². The first-order valence-electron chi connectivity index (χ1n) is 25.8. The van der Waals surface area contributed by atoms with Crippen LogP contribution in [0.4, 0.5) is 11.4 Å². The molecule has 0 unspecified atom stereocenters. The Labute approximate surface area is 412 Å². The van der Waals surface area contributed by atoms with Crippen LogP contribution in [0.25, 0.3) is 82.8 Å². The molecule has 3 nitrogen and oxygen atoms in total. The van der Waals surface area contributed by atoms with Gasteiger partial charge in [0.2, 0.25) is 0 Å². The largest absolute Gasteiger partial charge is 0.456 e. The summed E-state index contributed by atoms with van der Waals surface area (Å²) in [6.45, 7) is 26.6. The number of fused-ring (bicyclic) bond motifs is 20. The molecule has 342 valence electrons. The number of furan rings is 1. The lowest BCUT2D eigenvalue weighted by Crippen LogP contribution is -2.61. The maximum atomic E-state index is 6.87. The fourth-order valence-electron chi connectivity index (χ4n) is 14.7. The number of aromatic nitrogens is 1. The number of benzene rings is 8. The molecule has 4 heterocycles. The predicted molar refractivity (Wildman–Crippen MR) is 296 cm³/mol. The molecule has 0 fully saturated rings. The van der Waals surface area contributed by atoms with Crippen LogP contribution in [-0.4, -0.2) is 11.4 Å². The van der Waals surface area contributed by atoms with Crippen molar-refractivity contribution in [2.45, 2.75) is 116 Å². The summed E-state index contributed by atoms with van der Waals surface area (Å²) in [7, 11) is 0. The molecule has 0 N–H and O–H groups in total. The average molecular weight is 907 g/mol. The first kappa shape index (κ1) is 41.0. The molecule has 0 saturated heterocycles. The summed E-state index contributed by atoms with van der Waals surface area (Å²) in [5.74, 6) is 0. The average Bonchev–Trinajstić information content (AvgIpc) is 4.01. The molecule has 8 aromatic carbocycles. The van der Waals surface area contributed by atoms with Crippen molar-refractivity contribution in [3.8, 4) is 39.1 Å². The van der Waals surface area contributed by atoms with Crippen LogP contribution in [0.5, 0.6) is 0 Å². The first-order valence-corrected chi connectivity index (χ1v) is 25.8. The topological polar surface area (TPSA) is 21.3 Å². The molecular weight excluding hydrogens is 848 g/mol. The van der Waals surface area contributed by atoms with Gasteiger partial charge in [0.05, 0.1) is 11.0 Å². The van der Waals surface area contributed by atoms with Crippen LogP contribution in [0.2, 0.25) is 0 Å². The minimum absolute atomic E-state index is 0.0144. The van der Waals surface area contributed by atoms with Crippen LogP contribution in [0.3, 0.4) is 0 Å². The van der Waals surface area contributed by atoms with Crippen LogP contribution in [0.1, 0.15) is 128 Å². The molecule has 10 aromatic rings. The SMILES string of the molecule is CC(C)(C)c1ccc(N2B3c4cc5c(cc4-n4c6cc7c(cc6c6c8c(c(c3c64)-c3cc4c(cc32)oc2ccccc24)C(C)(C)c2ccccc2-8)C(C)(C)CCC7(C)C)-c2ccccc2C5(C)C)cc1. The van der Waals surface area contributed by atoms with E-state index >= 15 is 0 Å². The van der Waals surface area contributed by atoms with Gasteiger partial charge in [-0.25, -0.2) is 0 Å². The number of anilines is 2. The number of rotatable bonds is 1. The van der Waals surface area contributed by atoms with Crippen molar-refractivity contribution < 1.29 is 4.42 Å². The Morgan fingerprint density at radius 2 is 1.17 bits per heavy atom. The van der Waals surface area contributed by atoms with Gasteiger partial charge in [0.1, 0.15) is 11.2 Å². The maximum absolute atomic E-state index is 6.87. The van der Waals surface area contributed by atoms with E-state index in [1.165, 1.54) is 135 Å². The van der Waals surface area contributed by atoms with Crippen LogP contribution >= 0.6 is 0 Å². The van der Waals surface area contributed by atoms with E-state index in [2.05, 4.69) is 219 Å². The lowest BCUT2D eigenvalue weighted by molar-refractivity contribution is 0.332. The molecule has 0 atom stereocenters.